The van der Waals surface area contributed by atoms with Crippen LogP contribution in [0.15, 0.2) is 0 Å². The number of aliphatic hydroxyl groups excluding tert-OH is 1. The fourth-order valence-electron chi connectivity index (χ4n) is 11.5. The van der Waals surface area contributed by atoms with Crippen molar-refractivity contribution in [2.75, 3.05) is 39.6 Å². The molecule has 17 nitrogen and oxygen atoms in total. The maximum atomic E-state index is 13.1. The summed E-state index contributed by atoms with van der Waals surface area (Å²) in [7, 11) is -9.91. The molecular weight excluding hydrogens is 1250 g/mol. The number of phosphoric acid groups is 2. The fourth-order valence-corrected chi connectivity index (χ4v) is 13.1. The third kappa shape index (κ3) is 67.6. The third-order valence-electron chi connectivity index (χ3n) is 18.4. The average molecular weight is 1400 g/mol. The van der Waals surface area contributed by atoms with Gasteiger partial charge in [0, 0.05) is 25.7 Å². The Morgan fingerprint density at radius 2 is 0.537 bits per heavy atom. The largest absolute Gasteiger partial charge is 0.472 e. The van der Waals surface area contributed by atoms with E-state index in [9.17, 15) is 43.2 Å². The van der Waals surface area contributed by atoms with E-state index in [2.05, 4.69) is 48.5 Å². The molecule has 0 fully saturated rings. The highest BCUT2D eigenvalue weighted by Gasteiger charge is 2.30. The molecule has 0 amide bonds. The van der Waals surface area contributed by atoms with Crippen LogP contribution in [0.5, 0.6) is 0 Å². The molecule has 0 bridgehead atoms. The van der Waals surface area contributed by atoms with Gasteiger partial charge in [-0.25, -0.2) is 9.13 Å². The van der Waals surface area contributed by atoms with Crippen LogP contribution < -0.4 is 0 Å². The van der Waals surface area contributed by atoms with Crippen molar-refractivity contribution in [1.29, 1.82) is 0 Å². The molecule has 0 aromatic rings. The van der Waals surface area contributed by atoms with E-state index in [0.717, 1.165) is 108 Å². The molecule has 0 aliphatic heterocycles. The van der Waals surface area contributed by atoms with Crippen molar-refractivity contribution < 1.29 is 80.2 Å². The first-order chi connectivity index (χ1) is 45.8. The molecule has 0 aromatic carbocycles. The molecule has 0 spiro atoms. The minimum Gasteiger partial charge on any atom is -0.462 e. The lowest BCUT2D eigenvalue weighted by molar-refractivity contribution is -0.161. The monoisotopic (exact) mass is 1400 g/mol. The number of carbonyl (C=O) groups is 4. The van der Waals surface area contributed by atoms with Crippen LogP contribution in [0.2, 0.25) is 0 Å². The van der Waals surface area contributed by atoms with Crippen molar-refractivity contribution >= 4 is 39.5 Å². The van der Waals surface area contributed by atoms with Crippen molar-refractivity contribution in [2.45, 2.75) is 407 Å². The topological polar surface area (TPSA) is 237 Å². The summed E-state index contributed by atoms with van der Waals surface area (Å²) in [4.78, 5) is 72.8. The van der Waals surface area contributed by atoms with Gasteiger partial charge in [-0.15, -0.1) is 0 Å². The van der Waals surface area contributed by atoms with Crippen molar-refractivity contribution in [2.24, 2.45) is 17.8 Å². The zero-order valence-corrected chi connectivity index (χ0v) is 63.9. The maximum Gasteiger partial charge on any atom is 0.472 e. The minimum atomic E-state index is -4.96. The second-order valence-electron chi connectivity index (χ2n) is 28.4. The van der Waals surface area contributed by atoms with Crippen molar-refractivity contribution in [3.8, 4) is 0 Å². The van der Waals surface area contributed by atoms with Crippen LogP contribution in [0, 0.1) is 17.8 Å². The standard InChI is InChI=1S/C76H148O17P2/c1-8-11-12-13-14-26-36-43-50-57-73(78)86-63-71(93-76(81)60-53-46-39-32-25-23-29-35-42-49-56-69(7)10-3)65-90-94(82,83)88-61-70(77)62-89-95(84,85)91-66-72(64-87-74(79)58-51-44-37-30-24-22-28-34-41-48-55-68(6)9-2)92-75(80)59-52-45-38-31-21-19-17-15-16-18-20-27-33-40-47-54-67(4)5/h67-72,77H,8-66H2,1-7H3,(H,82,83)(H,84,85)/t68?,69?,70-,71+,72+/m0/s1. The summed E-state index contributed by atoms with van der Waals surface area (Å²) in [6.45, 7) is 12.0. The second kappa shape index (κ2) is 66.6. The number of carbonyl (C=O) groups excluding carboxylic acids is 4. The molecule has 4 unspecified atom stereocenters. The first kappa shape index (κ1) is 93.1. The summed E-state index contributed by atoms with van der Waals surface area (Å²) in [6.07, 6.45) is 52.5. The van der Waals surface area contributed by atoms with Gasteiger partial charge >= 0.3 is 39.5 Å². The molecule has 95 heavy (non-hydrogen) atoms. The molecule has 0 heterocycles. The van der Waals surface area contributed by atoms with Crippen LogP contribution in [0.3, 0.4) is 0 Å². The fraction of sp³-hybridized carbons (Fsp3) is 0.947. The summed E-state index contributed by atoms with van der Waals surface area (Å²) in [6, 6.07) is 0. The molecule has 0 saturated carbocycles. The van der Waals surface area contributed by atoms with Gasteiger partial charge in [-0.1, -0.05) is 337 Å². The Hall–Kier alpha value is -1.94. The minimum absolute atomic E-state index is 0.106. The Labute approximate surface area is 581 Å². The van der Waals surface area contributed by atoms with Gasteiger partial charge in [-0.05, 0) is 43.4 Å². The van der Waals surface area contributed by atoms with Gasteiger partial charge in [0.05, 0.1) is 26.4 Å². The Bertz CT molecular complexity index is 1860. The van der Waals surface area contributed by atoms with Gasteiger partial charge in [-0.2, -0.15) is 0 Å². The number of esters is 4. The second-order valence-corrected chi connectivity index (χ2v) is 31.3. The molecule has 0 aliphatic carbocycles. The third-order valence-corrected chi connectivity index (χ3v) is 20.3. The normalized spacial score (nSPS) is 14.6. The highest BCUT2D eigenvalue weighted by Crippen LogP contribution is 2.45. The van der Waals surface area contributed by atoms with Gasteiger partial charge in [0.25, 0.3) is 0 Å². The van der Waals surface area contributed by atoms with E-state index in [4.69, 9.17) is 37.0 Å². The molecule has 19 heteroatoms. The van der Waals surface area contributed by atoms with Crippen LogP contribution in [-0.4, -0.2) is 96.7 Å². The van der Waals surface area contributed by atoms with E-state index < -0.39 is 97.5 Å². The van der Waals surface area contributed by atoms with E-state index in [-0.39, 0.29) is 25.7 Å². The van der Waals surface area contributed by atoms with Gasteiger partial charge in [0.2, 0.25) is 0 Å². The van der Waals surface area contributed by atoms with Crippen LogP contribution >= 0.6 is 15.6 Å². The number of rotatable bonds is 74. The lowest BCUT2D eigenvalue weighted by atomic mass is 9.99. The predicted molar refractivity (Wildman–Crippen MR) is 386 cm³/mol. The van der Waals surface area contributed by atoms with Gasteiger partial charge in [0.1, 0.15) is 19.3 Å². The Balaban J connectivity index is 5.24. The lowest BCUT2D eigenvalue weighted by Gasteiger charge is -2.21. The molecule has 564 valence electrons. The molecule has 0 saturated heterocycles. The number of unbranched alkanes of at least 4 members (excludes halogenated alkanes) is 40. The Morgan fingerprint density at radius 1 is 0.305 bits per heavy atom. The van der Waals surface area contributed by atoms with Gasteiger partial charge in [-0.3, -0.25) is 37.3 Å². The lowest BCUT2D eigenvalue weighted by Crippen LogP contribution is -2.30. The number of ether oxygens (including phenoxy) is 4. The molecule has 0 radical (unpaired) electrons. The number of phosphoric ester groups is 2. The quantitative estimate of drug-likeness (QED) is 0.0222. The van der Waals surface area contributed by atoms with Crippen LogP contribution in [0.4, 0.5) is 0 Å². The summed E-state index contributed by atoms with van der Waals surface area (Å²) in [5, 5.41) is 10.6. The molecular formula is C76H148O17P2. The molecule has 0 rings (SSSR count). The zero-order valence-electron chi connectivity index (χ0n) is 62.1. The SMILES string of the molecule is CCCCCCCCCCCC(=O)OC[C@H](COP(=O)(O)OC[C@H](O)COP(=O)(O)OC[C@@H](COC(=O)CCCCCCCCCCCCC(C)CC)OC(=O)CCCCCCCCCCCCCCCCCC(C)C)OC(=O)CCCCCCCCCCCCC(C)CC. The Morgan fingerprint density at radius 3 is 0.800 bits per heavy atom. The predicted octanol–water partition coefficient (Wildman–Crippen LogP) is 22.2. The number of aliphatic hydroxyl groups is 1. The van der Waals surface area contributed by atoms with Crippen molar-refractivity contribution in [1.82, 2.24) is 0 Å². The van der Waals surface area contributed by atoms with Crippen LogP contribution in [0.25, 0.3) is 0 Å². The van der Waals surface area contributed by atoms with E-state index in [1.54, 1.807) is 0 Å². The van der Waals surface area contributed by atoms with E-state index in [1.165, 1.54) is 199 Å². The zero-order chi connectivity index (χ0) is 70.1. The summed E-state index contributed by atoms with van der Waals surface area (Å²) in [5.74, 6) is 0.297. The molecule has 7 atom stereocenters. The van der Waals surface area contributed by atoms with E-state index in [0.29, 0.717) is 25.7 Å². The van der Waals surface area contributed by atoms with Gasteiger partial charge in [0.15, 0.2) is 12.2 Å². The summed E-state index contributed by atoms with van der Waals surface area (Å²) < 4.78 is 68.5. The summed E-state index contributed by atoms with van der Waals surface area (Å²) in [5.41, 5.74) is 0. The smallest absolute Gasteiger partial charge is 0.462 e. The number of hydrogen-bond donors (Lipinski definition) is 3. The first-order valence-electron chi connectivity index (χ1n) is 39.4. The maximum absolute atomic E-state index is 13.1. The van der Waals surface area contributed by atoms with Crippen molar-refractivity contribution in [3.05, 3.63) is 0 Å². The summed E-state index contributed by atoms with van der Waals surface area (Å²) >= 11 is 0. The first-order valence-corrected chi connectivity index (χ1v) is 42.4. The Kier molecular flexibility index (Phi) is 65.2. The van der Waals surface area contributed by atoms with Crippen molar-refractivity contribution in [3.63, 3.8) is 0 Å². The van der Waals surface area contributed by atoms with Crippen LogP contribution in [-0.2, 0) is 65.4 Å². The molecule has 3 N–H and O–H groups in total. The highest BCUT2D eigenvalue weighted by molar-refractivity contribution is 7.47. The molecule has 0 aromatic heterocycles. The average Bonchev–Trinajstić information content (AvgIpc) is 2.09. The number of hydrogen-bond acceptors (Lipinski definition) is 15. The highest BCUT2D eigenvalue weighted by atomic mass is 31.2. The molecule has 0 aliphatic rings. The van der Waals surface area contributed by atoms with Crippen LogP contribution in [0.1, 0.15) is 389 Å². The van der Waals surface area contributed by atoms with E-state index in [1.807, 2.05) is 0 Å². The van der Waals surface area contributed by atoms with E-state index >= 15 is 0 Å². The van der Waals surface area contributed by atoms with Gasteiger partial charge < -0.3 is 33.8 Å².